The highest BCUT2D eigenvalue weighted by Crippen LogP contribution is 2.11. The largest absolute Gasteiger partial charge is 0.309 e. The van der Waals surface area contributed by atoms with Crippen molar-refractivity contribution in [3.8, 4) is 5.69 Å². The molecule has 2 aromatic heterocycles. The molecule has 0 saturated carbocycles. The number of anilines is 1. The van der Waals surface area contributed by atoms with Gasteiger partial charge in [0.25, 0.3) is 0 Å². The van der Waals surface area contributed by atoms with Crippen LogP contribution in [0.4, 0.5) is 10.2 Å². The van der Waals surface area contributed by atoms with Gasteiger partial charge in [-0.3, -0.25) is 9.78 Å². The molecule has 0 saturated heterocycles. The number of carbonyl (C=O) groups is 1. The van der Waals surface area contributed by atoms with Crippen LogP contribution in [-0.2, 0) is 11.2 Å². The quantitative estimate of drug-likeness (QED) is 0.805. The van der Waals surface area contributed by atoms with Gasteiger partial charge in [0, 0.05) is 18.5 Å². The maximum Gasteiger partial charge on any atom is 0.230 e. The fourth-order valence-corrected chi connectivity index (χ4v) is 2.03. The number of nitrogens with zero attached hydrogens (tertiary/aromatic N) is 3. The van der Waals surface area contributed by atoms with Crippen molar-refractivity contribution in [1.82, 2.24) is 14.8 Å². The van der Waals surface area contributed by atoms with Gasteiger partial charge in [-0.15, -0.1) is 0 Å². The summed E-state index contributed by atoms with van der Waals surface area (Å²) in [5.74, 6) is -0.301. The molecule has 3 rings (SSSR count). The highest BCUT2D eigenvalue weighted by molar-refractivity contribution is 5.91. The topological polar surface area (TPSA) is 59.8 Å². The maximum absolute atomic E-state index is 13.5. The smallest absolute Gasteiger partial charge is 0.230 e. The molecule has 0 aliphatic heterocycles. The number of halogens is 1. The fraction of sp³-hybridized carbons (Fsp3) is 0.0625. The van der Waals surface area contributed by atoms with E-state index in [0.29, 0.717) is 11.4 Å². The van der Waals surface area contributed by atoms with Gasteiger partial charge in [0.15, 0.2) is 5.82 Å². The Bertz CT molecular complexity index is 786. The summed E-state index contributed by atoms with van der Waals surface area (Å²) in [7, 11) is 0. The number of nitrogens with one attached hydrogen (secondary N) is 1. The molecule has 0 radical (unpaired) electrons. The summed E-state index contributed by atoms with van der Waals surface area (Å²) in [5, 5.41) is 6.89. The third-order valence-corrected chi connectivity index (χ3v) is 3.08. The van der Waals surface area contributed by atoms with E-state index in [0.717, 1.165) is 5.69 Å². The lowest BCUT2D eigenvalue weighted by Crippen LogP contribution is -2.15. The molecule has 22 heavy (non-hydrogen) atoms. The number of hydrogen-bond donors (Lipinski definition) is 1. The molecule has 0 aliphatic rings. The summed E-state index contributed by atoms with van der Waals surface area (Å²) in [6.07, 6.45) is 5.02. The van der Waals surface area contributed by atoms with Crippen molar-refractivity contribution in [2.45, 2.75) is 6.42 Å². The Morgan fingerprint density at radius 3 is 2.82 bits per heavy atom. The van der Waals surface area contributed by atoms with Crippen LogP contribution in [0, 0.1) is 5.82 Å². The van der Waals surface area contributed by atoms with Crippen molar-refractivity contribution >= 4 is 11.7 Å². The minimum atomic E-state index is -0.390. The van der Waals surface area contributed by atoms with E-state index >= 15 is 0 Å². The first-order valence-corrected chi connectivity index (χ1v) is 6.72. The molecule has 0 spiro atoms. The third kappa shape index (κ3) is 3.17. The van der Waals surface area contributed by atoms with Crippen LogP contribution in [0.5, 0.6) is 0 Å². The standard InChI is InChI=1S/C16H13FN4O/c17-14-6-2-1-4-12(14)10-16(22)19-15-7-9-21(20-15)13-5-3-8-18-11-13/h1-9,11H,10H2,(H,19,20,22). The van der Waals surface area contributed by atoms with E-state index in [9.17, 15) is 9.18 Å². The molecule has 0 fully saturated rings. The van der Waals surface area contributed by atoms with Crippen molar-refractivity contribution in [3.05, 3.63) is 72.4 Å². The van der Waals surface area contributed by atoms with Gasteiger partial charge in [-0.05, 0) is 23.8 Å². The average Bonchev–Trinajstić information content (AvgIpc) is 2.99. The highest BCUT2D eigenvalue weighted by Gasteiger charge is 2.09. The van der Waals surface area contributed by atoms with Gasteiger partial charge in [0.1, 0.15) is 5.82 Å². The molecule has 0 atom stereocenters. The summed E-state index contributed by atoms with van der Waals surface area (Å²) in [4.78, 5) is 15.9. The van der Waals surface area contributed by atoms with Crippen LogP contribution < -0.4 is 5.32 Å². The number of amides is 1. The van der Waals surface area contributed by atoms with Crippen LogP contribution in [0.15, 0.2) is 61.1 Å². The van der Waals surface area contributed by atoms with Gasteiger partial charge < -0.3 is 5.32 Å². The van der Waals surface area contributed by atoms with Gasteiger partial charge in [-0.1, -0.05) is 18.2 Å². The lowest BCUT2D eigenvalue weighted by molar-refractivity contribution is -0.115. The van der Waals surface area contributed by atoms with Gasteiger partial charge >= 0.3 is 0 Å². The van der Waals surface area contributed by atoms with E-state index in [-0.39, 0.29) is 12.3 Å². The molecule has 0 bridgehead atoms. The predicted octanol–water partition coefficient (Wildman–Crippen LogP) is 2.59. The summed E-state index contributed by atoms with van der Waals surface area (Å²) in [6.45, 7) is 0. The van der Waals surface area contributed by atoms with Crippen LogP contribution in [0.3, 0.4) is 0 Å². The molecule has 5 nitrogen and oxygen atoms in total. The zero-order chi connectivity index (χ0) is 15.4. The highest BCUT2D eigenvalue weighted by atomic mass is 19.1. The first-order chi connectivity index (χ1) is 10.7. The number of aromatic nitrogens is 3. The maximum atomic E-state index is 13.5. The minimum absolute atomic E-state index is 0.0353. The van der Waals surface area contributed by atoms with E-state index in [1.807, 2.05) is 6.07 Å². The molecule has 1 aromatic carbocycles. The lowest BCUT2D eigenvalue weighted by atomic mass is 10.1. The van der Waals surface area contributed by atoms with Gasteiger partial charge in [0.2, 0.25) is 5.91 Å². The van der Waals surface area contributed by atoms with E-state index < -0.39 is 5.82 Å². The zero-order valence-electron chi connectivity index (χ0n) is 11.6. The second kappa shape index (κ2) is 6.17. The van der Waals surface area contributed by atoms with Gasteiger partial charge in [0.05, 0.1) is 18.3 Å². The Morgan fingerprint density at radius 2 is 2.05 bits per heavy atom. The first-order valence-electron chi connectivity index (χ1n) is 6.72. The lowest BCUT2D eigenvalue weighted by Gasteiger charge is -2.03. The van der Waals surface area contributed by atoms with E-state index in [1.54, 1.807) is 53.6 Å². The molecule has 110 valence electrons. The summed E-state index contributed by atoms with van der Waals surface area (Å²) >= 11 is 0. The molecule has 2 heterocycles. The monoisotopic (exact) mass is 296 g/mol. The van der Waals surface area contributed by atoms with E-state index in [1.165, 1.54) is 6.07 Å². The number of pyridine rings is 1. The van der Waals surface area contributed by atoms with Crippen LogP contribution in [0.2, 0.25) is 0 Å². The van der Waals surface area contributed by atoms with Gasteiger partial charge in [-0.2, -0.15) is 5.10 Å². The van der Waals surface area contributed by atoms with Gasteiger partial charge in [-0.25, -0.2) is 9.07 Å². The number of carbonyl (C=O) groups excluding carboxylic acids is 1. The molecule has 6 heteroatoms. The normalized spacial score (nSPS) is 10.4. The Morgan fingerprint density at radius 1 is 1.18 bits per heavy atom. The van der Waals surface area contributed by atoms with E-state index in [4.69, 9.17) is 0 Å². The molecule has 1 amide bonds. The van der Waals surface area contributed by atoms with Crippen molar-refractivity contribution in [2.24, 2.45) is 0 Å². The van der Waals surface area contributed by atoms with Crippen LogP contribution in [-0.4, -0.2) is 20.7 Å². The van der Waals surface area contributed by atoms with Crippen molar-refractivity contribution in [2.75, 3.05) is 5.32 Å². The zero-order valence-corrected chi connectivity index (χ0v) is 11.6. The van der Waals surface area contributed by atoms with Crippen LogP contribution in [0.25, 0.3) is 5.69 Å². The number of benzene rings is 1. The Labute approximate surface area is 126 Å². The van der Waals surface area contributed by atoms with Crippen molar-refractivity contribution < 1.29 is 9.18 Å². The molecular formula is C16H13FN4O. The van der Waals surface area contributed by atoms with Crippen molar-refractivity contribution in [3.63, 3.8) is 0 Å². The molecule has 1 N–H and O–H groups in total. The fourth-order valence-electron chi connectivity index (χ4n) is 2.03. The summed E-state index contributed by atoms with van der Waals surface area (Å²) in [6, 6.07) is 11.5. The Hall–Kier alpha value is -3.02. The first kappa shape index (κ1) is 13.9. The SMILES string of the molecule is O=C(Cc1ccccc1F)Nc1ccn(-c2cccnc2)n1. The molecule has 3 aromatic rings. The second-order valence-corrected chi connectivity index (χ2v) is 4.67. The number of rotatable bonds is 4. The minimum Gasteiger partial charge on any atom is -0.309 e. The summed E-state index contributed by atoms with van der Waals surface area (Å²) < 4.78 is 15.1. The summed E-state index contributed by atoms with van der Waals surface area (Å²) in [5.41, 5.74) is 1.14. The van der Waals surface area contributed by atoms with Crippen LogP contribution in [0.1, 0.15) is 5.56 Å². The van der Waals surface area contributed by atoms with Crippen molar-refractivity contribution in [1.29, 1.82) is 0 Å². The molecular weight excluding hydrogens is 283 g/mol. The second-order valence-electron chi connectivity index (χ2n) is 4.67. The van der Waals surface area contributed by atoms with E-state index in [2.05, 4.69) is 15.4 Å². The number of hydrogen-bond acceptors (Lipinski definition) is 3. The molecule has 0 unspecified atom stereocenters. The Kier molecular flexibility index (Phi) is 3.91. The Balaban J connectivity index is 1.68. The molecule has 0 aliphatic carbocycles. The van der Waals surface area contributed by atoms with Crippen LogP contribution >= 0.6 is 0 Å². The predicted molar refractivity (Wildman–Crippen MR) is 80.1 cm³/mol. The third-order valence-electron chi connectivity index (χ3n) is 3.08. The average molecular weight is 296 g/mol.